The van der Waals surface area contributed by atoms with E-state index < -0.39 is 0 Å². The number of benzene rings is 1. The molecule has 1 aromatic heterocycles. The fourth-order valence-corrected chi connectivity index (χ4v) is 2.17. The molecule has 0 amide bonds. The molecule has 0 N–H and O–H groups in total. The summed E-state index contributed by atoms with van der Waals surface area (Å²) in [5.74, 6) is 2.06. The Morgan fingerprint density at radius 1 is 0.950 bits per heavy atom. The number of nitrogens with zero attached hydrogens (tertiary/aromatic N) is 2. The van der Waals surface area contributed by atoms with Gasteiger partial charge in [-0.05, 0) is 25.1 Å². The smallest absolute Gasteiger partial charge is 0.204 e. The first-order valence-electron chi connectivity index (χ1n) is 5.91. The third-order valence-electron chi connectivity index (χ3n) is 2.77. The van der Waals surface area contributed by atoms with Crippen LogP contribution in [-0.2, 0) is 0 Å². The minimum atomic E-state index is 0.379. The van der Waals surface area contributed by atoms with E-state index in [1.165, 1.54) is 0 Å². The van der Waals surface area contributed by atoms with E-state index in [1.54, 1.807) is 33.5 Å². The van der Waals surface area contributed by atoms with Crippen molar-refractivity contribution in [2.24, 2.45) is 0 Å². The predicted molar refractivity (Wildman–Crippen MR) is 76.9 cm³/mol. The monoisotopic (exact) mass is 294 g/mol. The van der Waals surface area contributed by atoms with E-state index in [1.807, 2.05) is 13.0 Å². The first-order chi connectivity index (χ1) is 9.60. The van der Waals surface area contributed by atoms with Crippen molar-refractivity contribution in [1.82, 2.24) is 9.97 Å². The van der Waals surface area contributed by atoms with Gasteiger partial charge in [-0.25, -0.2) is 9.97 Å². The number of aromatic nitrogens is 2. The number of aryl methyl sites for hydroxylation is 1. The zero-order valence-electron chi connectivity index (χ0n) is 11.7. The summed E-state index contributed by atoms with van der Waals surface area (Å²) in [4.78, 5) is 8.59. The Morgan fingerprint density at radius 3 is 2.20 bits per heavy atom. The van der Waals surface area contributed by atoms with Crippen molar-refractivity contribution in [3.05, 3.63) is 29.0 Å². The average molecular weight is 295 g/mol. The van der Waals surface area contributed by atoms with Gasteiger partial charge in [0.1, 0.15) is 5.15 Å². The highest BCUT2D eigenvalue weighted by molar-refractivity contribution is 6.29. The molecule has 0 spiro atoms. The molecule has 5 nitrogen and oxygen atoms in total. The molecule has 1 heterocycles. The van der Waals surface area contributed by atoms with Gasteiger partial charge < -0.3 is 14.2 Å². The largest absolute Gasteiger partial charge is 0.493 e. The Balaban J connectivity index is 2.67. The zero-order chi connectivity index (χ0) is 14.7. The molecular formula is C14H15ClN2O3. The lowest BCUT2D eigenvalue weighted by molar-refractivity contribution is 0.325. The molecule has 2 rings (SSSR count). The molecule has 6 heteroatoms. The van der Waals surface area contributed by atoms with Crippen molar-refractivity contribution in [1.29, 1.82) is 0 Å². The van der Waals surface area contributed by atoms with Gasteiger partial charge in [-0.15, -0.1) is 0 Å². The molecule has 20 heavy (non-hydrogen) atoms. The topological polar surface area (TPSA) is 53.5 Å². The summed E-state index contributed by atoms with van der Waals surface area (Å²) in [6, 6.07) is 5.28. The van der Waals surface area contributed by atoms with Crippen LogP contribution in [0.25, 0.3) is 11.4 Å². The molecule has 0 aliphatic carbocycles. The van der Waals surface area contributed by atoms with E-state index in [4.69, 9.17) is 25.8 Å². The van der Waals surface area contributed by atoms with E-state index in [0.29, 0.717) is 33.8 Å². The third kappa shape index (κ3) is 2.63. The summed E-state index contributed by atoms with van der Waals surface area (Å²) in [5, 5.41) is 0.379. The molecule has 0 bridgehead atoms. The lowest BCUT2D eigenvalue weighted by atomic mass is 10.1. The van der Waals surface area contributed by atoms with Crippen LogP contribution < -0.4 is 14.2 Å². The summed E-state index contributed by atoms with van der Waals surface area (Å²) in [5.41, 5.74) is 1.47. The van der Waals surface area contributed by atoms with Crippen molar-refractivity contribution < 1.29 is 14.2 Å². The van der Waals surface area contributed by atoms with Gasteiger partial charge >= 0.3 is 0 Å². The highest BCUT2D eigenvalue weighted by Crippen LogP contribution is 2.43. The molecule has 0 saturated heterocycles. The maximum absolute atomic E-state index is 5.98. The number of methoxy groups -OCH3 is 3. The summed E-state index contributed by atoms with van der Waals surface area (Å²) in [6.07, 6.45) is 0. The normalized spacial score (nSPS) is 10.2. The summed E-state index contributed by atoms with van der Waals surface area (Å²) in [6.45, 7) is 1.85. The standard InChI is InChI=1S/C14H15ClN2O3/c1-8-7-11(15)17-14(16-8)9-5-6-10(18-2)13(20-4)12(9)19-3/h5-7H,1-4H3. The second-order valence-electron chi connectivity index (χ2n) is 4.04. The molecule has 0 aliphatic heterocycles. The molecule has 1 aromatic carbocycles. The van der Waals surface area contributed by atoms with E-state index >= 15 is 0 Å². The van der Waals surface area contributed by atoms with Gasteiger partial charge in [0.25, 0.3) is 0 Å². The second kappa shape index (κ2) is 5.96. The number of rotatable bonds is 4. The molecule has 106 valence electrons. The Labute approximate surface area is 122 Å². The van der Waals surface area contributed by atoms with Crippen LogP contribution in [-0.4, -0.2) is 31.3 Å². The van der Waals surface area contributed by atoms with Gasteiger partial charge in [0.05, 0.1) is 26.9 Å². The highest BCUT2D eigenvalue weighted by atomic mass is 35.5. The van der Waals surface area contributed by atoms with Crippen molar-refractivity contribution in [3.63, 3.8) is 0 Å². The van der Waals surface area contributed by atoms with Crippen LogP contribution in [0.4, 0.5) is 0 Å². The third-order valence-corrected chi connectivity index (χ3v) is 2.96. The van der Waals surface area contributed by atoms with E-state index in [9.17, 15) is 0 Å². The second-order valence-corrected chi connectivity index (χ2v) is 4.42. The lowest BCUT2D eigenvalue weighted by Gasteiger charge is -2.15. The van der Waals surface area contributed by atoms with Gasteiger partial charge in [0.15, 0.2) is 17.3 Å². The fraction of sp³-hybridized carbons (Fsp3) is 0.286. The minimum Gasteiger partial charge on any atom is -0.493 e. The molecule has 2 aromatic rings. The molecule has 0 aliphatic rings. The van der Waals surface area contributed by atoms with Crippen LogP contribution in [0.2, 0.25) is 5.15 Å². The van der Waals surface area contributed by atoms with E-state index in [2.05, 4.69) is 9.97 Å². The molecule has 0 saturated carbocycles. The molecule has 0 radical (unpaired) electrons. The first kappa shape index (κ1) is 14.4. The summed E-state index contributed by atoms with van der Waals surface area (Å²) >= 11 is 5.98. The SMILES string of the molecule is COc1ccc(-c2nc(C)cc(Cl)n2)c(OC)c1OC. The van der Waals surface area contributed by atoms with Gasteiger partial charge in [0, 0.05) is 5.69 Å². The zero-order valence-corrected chi connectivity index (χ0v) is 12.5. The summed E-state index contributed by atoms with van der Waals surface area (Å²) < 4.78 is 16.0. The quantitative estimate of drug-likeness (QED) is 0.811. The van der Waals surface area contributed by atoms with Crippen molar-refractivity contribution >= 4 is 11.6 Å². The molecule has 0 unspecified atom stereocenters. The van der Waals surface area contributed by atoms with Crippen LogP contribution in [0.3, 0.4) is 0 Å². The van der Waals surface area contributed by atoms with Gasteiger partial charge in [-0.3, -0.25) is 0 Å². The van der Waals surface area contributed by atoms with Gasteiger partial charge in [-0.2, -0.15) is 0 Å². The van der Waals surface area contributed by atoms with Crippen LogP contribution in [0.15, 0.2) is 18.2 Å². The maximum atomic E-state index is 5.98. The Hall–Kier alpha value is -2.01. The van der Waals surface area contributed by atoms with Crippen LogP contribution in [0, 0.1) is 6.92 Å². The first-order valence-corrected chi connectivity index (χ1v) is 6.29. The van der Waals surface area contributed by atoms with Crippen molar-refractivity contribution in [3.8, 4) is 28.6 Å². The Bertz CT molecular complexity index is 612. The van der Waals surface area contributed by atoms with Crippen molar-refractivity contribution in [2.75, 3.05) is 21.3 Å². The number of halogens is 1. The van der Waals surface area contributed by atoms with E-state index in [-0.39, 0.29) is 0 Å². The average Bonchev–Trinajstić information content (AvgIpc) is 2.44. The van der Waals surface area contributed by atoms with Crippen molar-refractivity contribution in [2.45, 2.75) is 6.92 Å². The highest BCUT2D eigenvalue weighted by Gasteiger charge is 2.19. The number of hydrogen-bond donors (Lipinski definition) is 0. The maximum Gasteiger partial charge on any atom is 0.204 e. The van der Waals surface area contributed by atoms with Gasteiger partial charge in [-0.1, -0.05) is 11.6 Å². The van der Waals surface area contributed by atoms with Crippen LogP contribution >= 0.6 is 11.6 Å². The molecular weight excluding hydrogens is 280 g/mol. The lowest BCUT2D eigenvalue weighted by Crippen LogP contribution is -1.99. The predicted octanol–water partition coefficient (Wildman–Crippen LogP) is 3.13. The van der Waals surface area contributed by atoms with Crippen LogP contribution in [0.1, 0.15) is 5.69 Å². The Kier molecular flexibility index (Phi) is 4.29. The molecule has 0 atom stereocenters. The van der Waals surface area contributed by atoms with Crippen LogP contribution in [0.5, 0.6) is 17.2 Å². The number of hydrogen-bond acceptors (Lipinski definition) is 5. The number of ether oxygens (including phenoxy) is 3. The molecule has 0 fully saturated rings. The minimum absolute atomic E-state index is 0.379. The Morgan fingerprint density at radius 2 is 1.65 bits per heavy atom. The van der Waals surface area contributed by atoms with E-state index in [0.717, 1.165) is 5.69 Å². The van der Waals surface area contributed by atoms with Gasteiger partial charge in [0.2, 0.25) is 5.75 Å². The fourth-order valence-electron chi connectivity index (χ4n) is 1.93. The summed E-state index contributed by atoms with van der Waals surface area (Å²) in [7, 11) is 4.67.